The van der Waals surface area contributed by atoms with Crippen molar-refractivity contribution in [1.29, 1.82) is 0 Å². The Bertz CT molecular complexity index is 567. The fraction of sp³-hybridized carbons (Fsp3) is 0.133. The monoisotopic (exact) mass is 292 g/mol. The summed E-state index contributed by atoms with van der Waals surface area (Å²) in [6, 6.07) is 14.5. The van der Waals surface area contributed by atoms with Crippen molar-refractivity contribution in [2.24, 2.45) is 0 Å². The lowest BCUT2D eigenvalue weighted by atomic mass is 10.1. The minimum atomic E-state index is -0.0866. The van der Waals surface area contributed by atoms with Gasteiger partial charge in [0.2, 0.25) is 0 Å². The molecule has 0 spiro atoms. The summed E-state index contributed by atoms with van der Waals surface area (Å²) >= 11 is 7.51. The molecular formula is C15H13ClO2S. The van der Waals surface area contributed by atoms with Crippen LogP contribution in [0.25, 0.3) is 0 Å². The van der Waals surface area contributed by atoms with Gasteiger partial charge in [0.25, 0.3) is 0 Å². The molecule has 0 unspecified atom stereocenters. The van der Waals surface area contributed by atoms with Crippen molar-refractivity contribution < 1.29 is 9.53 Å². The molecule has 0 aliphatic carbocycles. The first kappa shape index (κ1) is 14.0. The average molecular weight is 293 g/mol. The van der Waals surface area contributed by atoms with Gasteiger partial charge in [-0.15, -0.1) is 11.8 Å². The molecule has 2 aromatic rings. The van der Waals surface area contributed by atoms with Crippen molar-refractivity contribution >= 4 is 29.1 Å². The molecule has 0 saturated heterocycles. The Morgan fingerprint density at radius 1 is 1.21 bits per heavy atom. The fourth-order valence-corrected chi connectivity index (χ4v) is 2.16. The first-order valence-corrected chi connectivity index (χ1v) is 7.35. The molecule has 0 N–H and O–H groups in total. The van der Waals surface area contributed by atoms with Gasteiger partial charge in [-0.2, -0.15) is 0 Å². The maximum absolute atomic E-state index is 11.9. The molecule has 0 atom stereocenters. The lowest BCUT2D eigenvalue weighted by Crippen LogP contribution is -2.11. The number of thioether (sulfide) groups is 1. The van der Waals surface area contributed by atoms with Crippen LogP contribution in [0.3, 0.4) is 0 Å². The van der Waals surface area contributed by atoms with Crippen LogP contribution in [0, 0.1) is 0 Å². The highest BCUT2D eigenvalue weighted by Gasteiger charge is 2.07. The molecule has 0 heterocycles. The first-order chi connectivity index (χ1) is 9.19. The second-order valence-corrected chi connectivity index (χ2v) is 5.21. The quantitative estimate of drug-likeness (QED) is 0.606. The number of rotatable bonds is 5. The van der Waals surface area contributed by atoms with Crippen LogP contribution in [0.1, 0.15) is 10.4 Å². The van der Waals surface area contributed by atoms with Gasteiger partial charge in [-0.05, 0) is 42.7 Å². The Labute approximate surface area is 121 Å². The zero-order chi connectivity index (χ0) is 13.7. The maximum Gasteiger partial charge on any atom is 0.200 e. The Morgan fingerprint density at radius 3 is 2.58 bits per heavy atom. The van der Waals surface area contributed by atoms with Gasteiger partial charge in [0.1, 0.15) is 5.75 Å². The Morgan fingerprint density at radius 2 is 1.95 bits per heavy atom. The van der Waals surface area contributed by atoms with Gasteiger partial charge in [-0.1, -0.05) is 23.7 Å². The van der Waals surface area contributed by atoms with E-state index in [1.807, 2.05) is 30.5 Å². The maximum atomic E-state index is 11.9. The van der Waals surface area contributed by atoms with Crippen molar-refractivity contribution in [2.45, 2.75) is 4.90 Å². The van der Waals surface area contributed by atoms with Crippen LogP contribution in [0.4, 0.5) is 0 Å². The highest BCUT2D eigenvalue weighted by molar-refractivity contribution is 7.98. The summed E-state index contributed by atoms with van der Waals surface area (Å²) in [6.45, 7) is 0.0129. The third-order valence-corrected chi connectivity index (χ3v) is 3.55. The highest BCUT2D eigenvalue weighted by Crippen LogP contribution is 2.19. The van der Waals surface area contributed by atoms with Crippen molar-refractivity contribution in [3.05, 3.63) is 59.1 Å². The summed E-state index contributed by atoms with van der Waals surface area (Å²) in [5.74, 6) is 0.602. The fourth-order valence-electron chi connectivity index (χ4n) is 1.57. The molecule has 0 radical (unpaired) electrons. The Kier molecular flexibility index (Phi) is 4.88. The largest absolute Gasteiger partial charge is 0.485 e. The lowest BCUT2D eigenvalue weighted by molar-refractivity contribution is 0.0921. The molecule has 0 bridgehead atoms. The van der Waals surface area contributed by atoms with Crippen LogP contribution in [-0.4, -0.2) is 18.6 Å². The minimum absolute atomic E-state index is 0.0129. The highest BCUT2D eigenvalue weighted by atomic mass is 35.5. The lowest BCUT2D eigenvalue weighted by Gasteiger charge is -2.06. The van der Waals surface area contributed by atoms with E-state index in [4.69, 9.17) is 16.3 Å². The van der Waals surface area contributed by atoms with Crippen LogP contribution in [0.2, 0.25) is 5.02 Å². The molecule has 0 amide bonds. The second kappa shape index (κ2) is 6.64. The van der Waals surface area contributed by atoms with E-state index in [0.29, 0.717) is 16.3 Å². The van der Waals surface area contributed by atoms with Crippen LogP contribution >= 0.6 is 23.4 Å². The number of ether oxygens (including phenoxy) is 1. The molecule has 0 aliphatic heterocycles. The number of benzene rings is 2. The van der Waals surface area contributed by atoms with Crippen LogP contribution in [0.5, 0.6) is 5.75 Å². The minimum Gasteiger partial charge on any atom is -0.485 e. The molecule has 0 aliphatic rings. The van der Waals surface area contributed by atoms with E-state index < -0.39 is 0 Å². The molecule has 2 aromatic carbocycles. The topological polar surface area (TPSA) is 26.3 Å². The predicted molar refractivity (Wildman–Crippen MR) is 79.5 cm³/mol. The summed E-state index contributed by atoms with van der Waals surface area (Å²) < 4.78 is 5.46. The number of halogens is 1. The van der Waals surface area contributed by atoms with Crippen molar-refractivity contribution in [2.75, 3.05) is 12.9 Å². The van der Waals surface area contributed by atoms with E-state index in [-0.39, 0.29) is 12.4 Å². The zero-order valence-corrected chi connectivity index (χ0v) is 12.0. The SMILES string of the molecule is CSc1ccc(OCC(=O)c2cccc(Cl)c2)cc1. The van der Waals surface area contributed by atoms with Crippen LogP contribution in [-0.2, 0) is 0 Å². The molecule has 2 rings (SSSR count). The molecule has 98 valence electrons. The second-order valence-electron chi connectivity index (χ2n) is 3.90. The number of carbonyl (C=O) groups excluding carboxylic acids is 1. The van der Waals surface area contributed by atoms with Crippen LogP contribution in [0.15, 0.2) is 53.4 Å². The Hall–Kier alpha value is -1.45. The molecule has 0 fully saturated rings. The predicted octanol–water partition coefficient (Wildman–Crippen LogP) is 4.32. The third-order valence-electron chi connectivity index (χ3n) is 2.58. The number of hydrogen-bond donors (Lipinski definition) is 0. The average Bonchev–Trinajstić information content (AvgIpc) is 2.45. The summed E-state index contributed by atoms with van der Waals surface area (Å²) in [7, 11) is 0. The van der Waals surface area contributed by atoms with Gasteiger partial charge in [0.15, 0.2) is 12.4 Å². The molecular weight excluding hydrogens is 280 g/mol. The van der Waals surface area contributed by atoms with E-state index in [0.717, 1.165) is 4.90 Å². The number of ketones is 1. The number of hydrogen-bond acceptors (Lipinski definition) is 3. The van der Waals surface area contributed by atoms with Gasteiger partial charge in [0.05, 0.1) is 0 Å². The molecule has 2 nitrogen and oxygen atoms in total. The molecule has 0 saturated carbocycles. The van der Waals surface area contributed by atoms with Crippen molar-refractivity contribution in [1.82, 2.24) is 0 Å². The third kappa shape index (κ3) is 4.01. The first-order valence-electron chi connectivity index (χ1n) is 5.74. The van der Waals surface area contributed by atoms with E-state index in [1.165, 1.54) is 0 Å². The number of Topliss-reactive ketones (excluding diaryl/α,β-unsaturated/α-hetero) is 1. The zero-order valence-electron chi connectivity index (χ0n) is 10.4. The van der Waals surface area contributed by atoms with Crippen molar-refractivity contribution in [3.63, 3.8) is 0 Å². The molecule has 0 aromatic heterocycles. The van der Waals surface area contributed by atoms with E-state index in [9.17, 15) is 4.79 Å². The van der Waals surface area contributed by atoms with E-state index in [1.54, 1.807) is 36.0 Å². The van der Waals surface area contributed by atoms with E-state index >= 15 is 0 Å². The Balaban J connectivity index is 1.96. The van der Waals surface area contributed by atoms with Gasteiger partial charge in [0, 0.05) is 15.5 Å². The van der Waals surface area contributed by atoms with Gasteiger partial charge >= 0.3 is 0 Å². The summed E-state index contributed by atoms with van der Waals surface area (Å²) in [4.78, 5) is 13.1. The van der Waals surface area contributed by atoms with Crippen LogP contribution < -0.4 is 4.74 Å². The standard InChI is InChI=1S/C15H13ClO2S/c1-19-14-7-5-13(6-8-14)18-10-15(17)11-3-2-4-12(16)9-11/h2-9H,10H2,1H3. The molecule has 4 heteroatoms. The van der Waals surface area contributed by atoms with Gasteiger partial charge in [-0.25, -0.2) is 0 Å². The number of carbonyl (C=O) groups is 1. The summed E-state index contributed by atoms with van der Waals surface area (Å²) in [5.41, 5.74) is 0.563. The van der Waals surface area contributed by atoms with Gasteiger partial charge < -0.3 is 4.74 Å². The summed E-state index contributed by atoms with van der Waals surface area (Å²) in [5, 5.41) is 0.551. The molecule has 19 heavy (non-hydrogen) atoms. The van der Waals surface area contributed by atoms with Crippen molar-refractivity contribution in [3.8, 4) is 5.75 Å². The summed E-state index contributed by atoms with van der Waals surface area (Å²) in [6.07, 6.45) is 2.01. The smallest absolute Gasteiger partial charge is 0.200 e. The normalized spacial score (nSPS) is 10.2. The van der Waals surface area contributed by atoms with E-state index in [2.05, 4.69) is 0 Å². The van der Waals surface area contributed by atoms with Gasteiger partial charge in [-0.3, -0.25) is 4.79 Å².